The highest BCUT2D eigenvalue weighted by Gasteiger charge is 2.16. The first-order valence-corrected chi connectivity index (χ1v) is 11.0. The van der Waals surface area contributed by atoms with E-state index in [-0.39, 0.29) is 6.47 Å². The lowest BCUT2D eigenvalue weighted by atomic mass is 10.0. The summed E-state index contributed by atoms with van der Waals surface area (Å²) in [6.45, 7) is 6.32. The monoisotopic (exact) mass is 466 g/mol. The third-order valence-corrected chi connectivity index (χ3v) is 5.25. The lowest BCUT2D eigenvalue weighted by molar-refractivity contribution is -0.122. The number of rotatable bonds is 7. The fraction of sp³-hybridized carbons (Fsp3) is 0.360. The smallest absolute Gasteiger partial charge is 0.290 e. The molecule has 9 nitrogen and oxygen atoms in total. The second kappa shape index (κ2) is 13.2. The van der Waals surface area contributed by atoms with Gasteiger partial charge in [-0.05, 0) is 43.2 Å². The highest BCUT2D eigenvalue weighted by Crippen LogP contribution is 2.32. The van der Waals surface area contributed by atoms with Gasteiger partial charge in [-0.3, -0.25) is 19.7 Å². The molecule has 1 aliphatic heterocycles. The van der Waals surface area contributed by atoms with Crippen LogP contribution in [0.15, 0.2) is 48.9 Å². The Morgan fingerprint density at radius 2 is 2.00 bits per heavy atom. The van der Waals surface area contributed by atoms with Crippen molar-refractivity contribution in [2.45, 2.75) is 26.5 Å². The van der Waals surface area contributed by atoms with E-state index >= 15 is 0 Å². The standard InChI is InChI=1S/C24H28N4O3.CH2O2/c1-18-14-27-21(15-26-18)17-31-23-7-6-19(22-5-3-8-25-24(22)29-2)13-20(23)16-28-9-4-11-30-12-10-28;2-1-3/h3,5-8,13-15H,4,9-12,16-17H2,1-2H3;1H,(H,2,3). The summed E-state index contributed by atoms with van der Waals surface area (Å²) < 4.78 is 17.3. The van der Waals surface area contributed by atoms with Gasteiger partial charge < -0.3 is 19.3 Å². The zero-order chi connectivity index (χ0) is 24.2. The molecule has 1 aromatic carbocycles. The van der Waals surface area contributed by atoms with Gasteiger partial charge >= 0.3 is 0 Å². The first-order valence-electron chi connectivity index (χ1n) is 11.0. The summed E-state index contributed by atoms with van der Waals surface area (Å²) in [4.78, 5) is 23.8. The largest absolute Gasteiger partial charge is 0.487 e. The second-order valence-corrected chi connectivity index (χ2v) is 7.67. The molecule has 1 aliphatic rings. The van der Waals surface area contributed by atoms with Crippen molar-refractivity contribution >= 4 is 6.47 Å². The Bertz CT molecular complexity index is 1040. The number of pyridine rings is 1. The van der Waals surface area contributed by atoms with E-state index in [9.17, 15) is 0 Å². The number of hydrogen-bond donors (Lipinski definition) is 1. The zero-order valence-corrected chi connectivity index (χ0v) is 19.5. The molecule has 0 aliphatic carbocycles. The Hall–Kier alpha value is -3.56. The molecule has 1 N–H and O–H groups in total. The predicted octanol–water partition coefficient (Wildman–Crippen LogP) is 3.36. The number of hydrogen-bond acceptors (Lipinski definition) is 8. The van der Waals surface area contributed by atoms with Crippen molar-refractivity contribution in [1.29, 1.82) is 0 Å². The Morgan fingerprint density at radius 1 is 1.15 bits per heavy atom. The molecule has 1 saturated heterocycles. The van der Waals surface area contributed by atoms with Gasteiger partial charge in [0.2, 0.25) is 5.88 Å². The van der Waals surface area contributed by atoms with Crippen molar-refractivity contribution < 1.29 is 24.1 Å². The van der Waals surface area contributed by atoms with Crippen molar-refractivity contribution in [2.75, 3.05) is 33.4 Å². The number of ether oxygens (including phenoxy) is 3. The van der Waals surface area contributed by atoms with E-state index in [1.807, 2.05) is 31.2 Å². The molecule has 0 radical (unpaired) electrons. The molecule has 1 fully saturated rings. The Labute approximate surface area is 199 Å². The van der Waals surface area contributed by atoms with Crippen LogP contribution in [0.1, 0.15) is 23.4 Å². The summed E-state index contributed by atoms with van der Waals surface area (Å²) in [7, 11) is 1.64. The van der Waals surface area contributed by atoms with E-state index in [0.717, 1.165) is 73.1 Å². The van der Waals surface area contributed by atoms with Crippen molar-refractivity contribution in [3.63, 3.8) is 0 Å². The molecule has 3 aromatic rings. The van der Waals surface area contributed by atoms with Crippen LogP contribution in [0.3, 0.4) is 0 Å². The van der Waals surface area contributed by atoms with Gasteiger partial charge in [0, 0.05) is 49.8 Å². The summed E-state index contributed by atoms with van der Waals surface area (Å²) >= 11 is 0. The van der Waals surface area contributed by atoms with Crippen molar-refractivity contribution in [1.82, 2.24) is 19.9 Å². The number of carbonyl (C=O) groups is 1. The Kier molecular flexibility index (Phi) is 9.75. The van der Waals surface area contributed by atoms with Crippen LogP contribution < -0.4 is 9.47 Å². The summed E-state index contributed by atoms with van der Waals surface area (Å²) in [5, 5.41) is 6.89. The fourth-order valence-electron chi connectivity index (χ4n) is 3.63. The molecule has 4 rings (SSSR count). The lowest BCUT2D eigenvalue weighted by Gasteiger charge is -2.22. The molecule has 9 heteroatoms. The minimum atomic E-state index is -0.250. The Morgan fingerprint density at radius 3 is 2.76 bits per heavy atom. The van der Waals surface area contributed by atoms with Gasteiger partial charge in [-0.2, -0.15) is 0 Å². The number of nitrogens with zero attached hydrogens (tertiary/aromatic N) is 4. The highest BCUT2D eigenvalue weighted by atomic mass is 16.5. The summed E-state index contributed by atoms with van der Waals surface area (Å²) in [5.41, 5.74) is 4.82. The van der Waals surface area contributed by atoms with E-state index in [0.29, 0.717) is 12.5 Å². The van der Waals surface area contributed by atoms with E-state index in [1.165, 1.54) is 0 Å². The number of aromatic nitrogens is 3. The number of methoxy groups -OCH3 is 1. The van der Waals surface area contributed by atoms with E-state index in [4.69, 9.17) is 24.1 Å². The maximum Gasteiger partial charge on any atom is 0.290 e. The van der Waals surface area contributed by atoms with Gasteiger partial charge in [0.15, 0.2) is 0 Å². The average Bonchev–Trinajstić information content (AvgIpc) is 3.13. The number of benzene rings is 1. The third kappa shape index (κ3) is 7.23. The SMILES string of the molecule is COc1ncccc1-c1ccc(OCc2cnc(C)cn2)c(CN2CCCOCC2)c1.O=CO. The fourth-order valence-corrected chi connectivity index (χ4v) is 3.63. The number of carboxylic acid groups (broad SMARTS) is 1. The molecule has 34 heavy (non-hydrogen) atoms. The molecular weight excluding hydrogens is 436 g/mol. The Balaban J connectivity index is 0.00000103. The van der Waals surface area contributed by atoms with Crippen molar-refractivity contribution in [3.8, 4) is 22.8 Å². The maximum absolute atomic E-state index is 8.36. The predicted molar refractivity (Wildman–Crippen MR) is 127 cm³/mol. The average molecular weight is 467 g/mol. The summed E-state index contributed by atoms with van der Waals surface area (Å²) in [5.74, 6) is 1.46. The molecule has 2 aromatic heterocycles. The quantitative estimate of drug-likeness (QED) is 0.525. The normalized spacial score (nSPS) is 13.8. The summed E-state index contributed by atoms with van der Waals surface area (Å²) in [6, 6.07) is 10.2. The van der Waals surface area contributed by atoms with Crippen LogP contribution in [0.4, 0.5) is 0 Å². The maximum atomic E-state index is 8.36. The lowest BCUT2D eigenvalue weighted by Crippen LogP contribution is -2.26. The molecule has 0 unspecified atom stereocenters. The van der Waals surface area contributed by atoms with Gasteiger partial charge in [-0.1, -0.05) is 6.07 Å². The third-order valence-electron chi connectivity index (χ3n) is 5.25. The van der Waals surface area contributed by atoms with Crippen LogP contribution in [0.2, 0.25) is 0 Å². The summed E-state index contributed by atoms with van der Waals surface area (Å²) in [6.07, 6.45) is 6.29. The van der Waals surface area contributed by atoms with Gasteiger partial charge in [-0.25, -0.2) is 4.98 Å². The first kappa shape index (κ1) is 25.1. The van der Waals surface area contributed by atoms with Crippen LogP contribution in [0.25, 0.3) is 11.1 Å². The van der Waals surface area contributed by atoms with E-state index < -0.39 is 0 Å². The van der Waals surface area contributed by atoms with Crippen LogP contribution in [-0.4, -0.2) is 64.8 Å². The molecule has 0 atom stereocenters. The van der Waals surface area contributed by atoms with Crippen molar-refractivity contribution in [2.24, 2.45) is 0 Å². The molecule has 0 amide bonds. The van der Waals surface area contributed by atoms with E-state index in [2.05, 4.69) is 25.9 Å². The van der Waals surface area contributed by atoms with E-state index in [1.54, 1.807) is 25.7 Å². The van der Waals surface area contributed by atoms with Crippen LogP contribution in [0.5, 0.6) is 11.6 Å². The molecule has 180 valence electrons. The molecule has 0 saturated carbocycles. The molecular formula is C25H30N4O5. The van der Waals surface area contributed by atoms with Crippen LogP contribution in [0, 0.1) is 6.92 Å². The molecule has 0 spiro atoms. The second-order valence-electron chi connectivity index (χ2n) is 7.67. The van der Waals surface area contributed by atoms with Gasteiger partial charge in [-0.15, -0.1) is 0 Å². The van der Waals surface area contributed by atoms with Crippen LogP contribution in [-0.2, 0) is 22.7 Å². The van der Waals surface area contributed by atoms with Gasteiger partial charge in [0.1, 0.15) is 12.4 Å². The molecule has 0 bridgehead atoms. The highest BCUT2D eigenvalue weighted by molar-refractivity contribution is 5.70. The first-order chi connectivity index (χ1) is 16.6. The van der Waals surface area contributed by atoms with Gasteiger partial charge in [0.05, 0.1) is 31.3 Å². The zero-order valence-electron chi connectivity index (χ0n) is 19.5. The molecule has 3 heterocycles. The number of aryl methyl sites for hydroxylation is 1. The topological polar surface area (TPSA) is 107 Å². The van der Waals surface area contributed by atoms with Gasteiger partial charge in [0.25, 0.3) is 6.47 Å². The minimum Gasteiger partial charge on any atom is -0.487 e. The van der Waals surface area contributed by atoms with Crippen molar-refractivity contribution in [3.05, 3.63) is 65.9 Å². The van der Waals surface area contributed by atoms with Crippen LogP contribution >= 0.6 is 0 Å². The minimum absolute atomic E-state index is 0.250.